The van der Waals surface area contributed by atoms with Crippen molar-refractivity contribution in [3.63, 3.8) is 0 Å². The monoisotopic (exact) mass is 367 g/mol. The Bertz CT molecular complexity index is 801. The summed E-state index contributed by atoms with van der Waals surface area (Å²) in [4.78, 5) is 16.3. The molecule has 132 valence electrons. The first-order chi connectivity index (χ1) is 11.2. The van der Waals surface area contributed by atoms with Crippen LogP contribution in [0.5, 0.6) is 0 Å². The Morgan fingerprint density at radius 3 is 2.62 bits per heavy atom. The van der Waals surface area contributed by atoms with Gasteiger partial charge in [-0.25, -0.2) is 13.4 Å². The molecule has 2 aromatic rings. The molecule has 0 saturated heterocycles. The highest BCUT2D eigenvalue weighted by Crippen LogP contribution is 2.20. The predicted octanol–water partition coefficient (Wildman–Crippen LogP) is 4.18. The number of Topliss-reactive ketones (excluding diaryl/α,β-unsaturated/α-hetero) is 1. The van der Waals surface area contributed by atoms with Crippen molar-refractivity contribution in [1.29, 1.82) is 0 Å². The number of unbranched alkanes of at least 4 members (excludes halogenated alkanes) is 2. The highest BCUT2D eigenvalue weighted by molar-refractivity contribution is 7.92. The van der Waals surface area contributed by atoms with Crippen LogP contribution in [-0.2, 0) is 21.1 Å². The minimum absolute atomic E-state index is 0.197. The molecule has 0 atom stereocenters. The molecule has 1 aromatic heterocycles. The number of aromatic nitrogens is 1. The third-order valence-electron chi connectivity index (χ3n) is 4.10. The predicted molar refractivity (Wildman–Crippen MR) is 100 cm³/mol. The lowest BCUT2D eigenvalue weighted by Crippen LogP contribution is -2.30. The molecule has 1 aromatic carbocycles. The van der Waals surface area contributed by atoms with Crippen molar-refractivity contribution in [3.05, 3.63) is 29.3 Å². The highest BCUT2D eigenvalue weighted by atomic mass is 32.2. The fourth-order valence-corrected chi connectivity index (χ4v) is 4.28. The number of sulfone groups is 1. The number of fused-ring (bicyclic) bond motifs is 1. The van der Waals surface area contributed by atoms with Crippen molar-refractivity contribution in [1.82, 2.24) is 4.98 Å². The number of benzene rings is 1. The van der Waals surface area contributed by atoms with Gasteiger partial charge in [0.15, 0.2) is 9.84 Å². The van der Waals surface area contributed by atoms with Crippen LogP contribution in [0.25, 0.3) is 10.2 Å². The van der Waals surface area contributed by atoms with Crippen LogP contribution in [0.4, 0.5) is 0 Å². The number of rotatable bonds is 8. The van der Waals surface area contributed by atoms with Crippen molar-refractivity contribution in [2.75, 3.05) is 5.75 Å². The van der Waals surface area contributed by atoms with Gasteiger partial charge in [-0.2, -0.15) is 0 Å². The lowest BCUT2D eigenvalue weighted by molar-refractivity contribution is -0.118. The smallest absolute Gasteiger partial charge is 0.155 e. The van der Waals surface area contributed by atoms with E-state index >= 15 is 0 Å². The zero-order valence-corrected chi connectivity index (χ0v) is 16.2. The van der Waals surface area contributed by atoms with Crippen LogP contribution < -0.4 is 0 Å². The second-order valence-electron chi connectivity index (χ2n) is 7.11. The maximum Gasteiger partial charge on any atom is 0.155 e. The lowest BCUT2D eigenvalue weighted by Gasteiger charge is -2.18. The van der Waals surface area contributed by atoms with Crippen LogP contribution in [0.15, 0.2) is 23.7 Å². The number of hydrogen-bond acceptors (Lipinski definition) is 5. The van der Waals surface area contributed by atoms with Crippen molar-refractivity contribution in [2.24, 2.45) is 0 Å². The molecule has 0 aliphatic rings. The molecule has 2 rings (SSSR count). The van der Waals surface area contributed by atoms with E-state index in [0.717, 1.165) is 28.6 Å². The number of ketones is 1. The summed E-state index contributed by atoms with van der Waals surface area (Å²) in [7, 11) is -3.05. The summed E-state index contributed by atoms with van der Waals surface area (Å²) in [5.74, 6) is 0.397. The lowest BCUT2D eigenvalue weighted by atomic mass is 10.0. The van der Waals surface area contributed by atoms with E-state index in [1.165, 1.54) is 0 Å². The Morgan fingerprint density at radius 2 is 1.92 bits per heavy atom. The molecule has 0 spiro atoms. The molecule has 0 N–H and O–H groups in total. The molecule has 0 aliphatic heterocycles. The fraction of sp³-hybridized carbons (Fsp3) is 0.556. The number of carbonyl (C=O) groups is 1. The van der Waals surface area contributed by atoms with Gasteiger partial charge in [-0.3, -0.25) is 4.79 Å². The summed E-state index contributed by atoms with van der Waals surface area (Å²) < 4.78 is 24.4. The fourth-order valence-electron chi connectivity index (χ4n) is 2.43. The minimum Gasteiger partial charge on any atom is -0.299 e. The second kappa shape index (κ2) is 7.74. The molecule has 0 amide bonds. The van der Waals surface area contributed by atoms with Crippen LogP contribution in [0.2, 0.25) is 0 Å². The Kier molecular flexibility index (Phi) is 6.15. The highest BCUT2D eigenvalue weighted by Gasteiger charge is 2.27. The molecule has 6 heteroatoms. The van der Waals surface area contributed by atoms with E-state index < -0.39 is 14.6 Å². The molecule has 4 nitrogen and oxygen atoms in total. The van der Waals surface area contributed by atoms with Gasteiger partial charge >= 0.3 is 0 Å². The van der Waals surface area contributed by atoms with E-state index in [1.807, 2.05) is 23.7 Å². The summed E-state index contributed by atoms with van der Waals surface area (Å²) in [6, 6.07) is 5.96. The molecular formula is C18H25NO3S2. The first-order valence-electron chi connectivity index (χ1n) is 8.25. The number of hydrogen-bond donors (Lipinski definition) is 0. The largest absolute Gasteiger partial charge is 0.299 e. The maximum atomic E-state index is 12.1. The molecule has 0 fully saturated rings. The van der Waals surface area contributed by atoms with Crippen LogP contribution >= 0.6 is 11.3 Å². The molecule has 0 bridgehead atoms. The summed E-state index contributed by atoms with van der Waals surface area (Å²) >= 11 is 1.59. The van der Waals surface area contributed by atoms with Gasteiger partial charge in [0.2, 0.25) is 0 Å². The zero-order valence-electron chi connectivity index (χ0n) is 14.5. The van der Waals surface area contributed by atoms with Crippen molar-refractivity contribution in [3.8, 4) is 0 Å². The molecular weight excluding hydrogens is 342 g/mol. The van der Waals surface area contributed by atoms with E-state index in [-0.39, 0.29) is 11.5 Å². The number of nitrogens with zero attached hydrogens (tertiary/aromatic N) is 1. The van der Waals surface area contributed by atoms with Gasteiger partial charge in [0.05, 0.1) is 26.2 Å². The van der Waals surface area contributed by atoms with Gasteiger partial charge < -0.3 is 0 Å². The third kappa shape index (κ3) is 5.11. The zero-order chi connectivity index (χ0) is 17.8. The third-order valence-corrected chi connectivity index (χ3v) is 7.60. The number of thiazole rings is 1. The van der Waals surface area contributed by atoms with Gasteiger partial charge in [0.1, 0.15) is 5.78 Å². The minimum atomic E-state index is -3.05. The second-order valence-corrected chi connectivity index (χ2v) is 10.9. The van der Waals surface area contributed by atoms with E-state index in [4.69, 9.17) is 0 Å². The SMILES string of the molecule is CC(C)(C)S(=O)(=O)CCCCCC(=O)Cc1ccc2scnc2c1. The maximum absolute atomic E-state index is 12.1. The molecule has 1 heterocycles. The summed E-state index contributed by atoms with van der Waals surface area (Å²) in [5.41, 5.74) is 3.74. The van der Waals surface area contributed by atoms with E-state index in [0.29, 0.717) is 19.3 Å². The molecule has 24 heavy (non-hydrogen) atoms. The molecule has 0 saturated carbocycles. The average Bonchev–Trinajstić information content (AvgIpc) is 2.93. The van der Waals surface area contributed by atoms with Crippen LogP contribution in [0.3, 0.4) is 0 Å². The average molecular weight is 368 g/mol. The topological polar surface area (TPSA) is 64.1 Å². The van der Waals surface area contributed by atoms with Gasteiger partial charge in [-0.05, 0) is 51.3 Å². The van der Waals surface area contributed by atoms with Gasteiger partial charge in [-0.1, -0.05) is 12.5 Å². The quantitative estimate of drug-likeness (QED) is 0.657. The van der Waals surface area contributed by atoms with E-state index in [1.54, 1.807) is 32.1 Å². The summed E-state index contributed by atoms with van der Waals surface area (Å²) in [6.45, 7) is 5.18. The van der Waals surface area contributed by atoms with Crippen molar-refractivity contribution < 1.29 is 13.2 Å². The Labute approximate surface area is 148 Å². The van der Waals surface area contributed by atoms with Gasteiger partial charge in [0, 0.05) is 12.8 Å². The van der Waals surface area contributed by atoms with Crippen molar-refractivity contribution >= 4 is 37.2 Å². The van der Waals surface area contributed by atoms with Crippen LogP contribution in [0, 0.1) is 0 Å². The Morgan fingerprint density at radius 1 is 1.17 bits per heavy atom. The molecule has 0 radical (unpaired) electrons. The van der Waals surface area contributed by atoms with Crippen LogP contribution in [0.1, 0.15) is 52.0 Å². The molecule has 0 unspecified atom stereocenters. The Balaban J connectivity index is 1.72. The van der Waals surface area contributed by atoms with Crippen molar-refractivity contribution in [2.45, 2.75) is 57.6 Å². The van der Waals surface area contributed by atoms with E-state index in [2.05, 4.69) is 4.98 Å². The summed E-state index contributed by atoms with van der Waals surface area (Å²) in [6.07, 6.45) is 3.07. The Hall–Kier alpha value is -1.27. The normalized spacial score (nSPS) is 12.6. The number of carbonyl (C=O) groups excluding carboxylic acids is 1. The summed E-state index contributed by atoms with van der Waals surface area (Å²) in [5, 5.41) is 0. The molecule has 0 aliphatic carbocycles. The first kappa shape index (κ1) is 19.1. The van der Waals surface area contributed by atoms with Gasteiger partial charge in [-0.15, -0.1) is 11.3 Å². The van der Waals surface area contributed by atoms with Gasteiger partial charge in [0.25, 0.3) is 0 Å². The van der Waals surface area contributed by atoms with Crippen LogP contribution in [-0.4, -0.2) is 29.7 Å². The standard InChI is InChI=1S/C18H25NO3S2/c1-18(2,3)24(21,22)10-6-4-5-7-15(20)11-14-8-9-17-16(12-14)19-13-23-17/h8-9,12-13H,4-7,10-11H2,1-3H3. The van der Waals surface area contributed by atoms with E-state index in [9.17, 15) is 13.2 Å². The first-order valence-corrected chi connectivity index (χ1v) is 10.8.